The number of alkyl halides is 3. The van der Waals surface area contributed by atoms with E-state index in [1.807, 2.05) is 6.92 Å². The van der Waals surface area contributed by atoms with Crippen LogP contribution in [0.25, 0.3) is 5.65 Å². The maximum absolute atomic E-state index is 12.8. The molecule has 1 fully saturated rings. The molecule has 114 valence electrons. The third-order valence-electron chi connectivity index (χ3n) is 3.46. The highest BCUT2D eigenvalue weighted by Crippen LogP contribution is 2.28. The first kappa shape index (κ1) is 14.1. The summed E-state index contributed by atoms with van der Waals surface area (Å²) in [7, 11) is 0. The number of halogens is 3. The van der Waals surface area contributed by atoms with Gasteiger partial charge in [-0.2, -0.15) is 17.7 Å². The van der Waals surface area contributed by atoms with Gasteiger partial charge in [-0.3, -0.25) is 0 Å². The number of anilines is 1. The molecule has 3 heterocycles. The predicted molar refractivity (Wildman–Crippen MR) is 67.9 cm³/mol. The van der Waals surface area contributed by atoms with Crippen LogP contribution < -0.4 is 5.32 Å². The van der Waals surface area contributed by atoms with E-state index in [2.05, 4.69) is 20.6 Å². The zero-order valence-electron chi connectivity index (χ0n) is 11.3. The molecule has 1 unspecified atom stereocenters. The molecule has 1 N–H and O–H groups in total. The van der Waals surface area contributed by atoms with Gasteiger partial charge in [-0.25, -0.2) is 0 Å². The number of ether oxygens (including phenoxy) is 1. The smallest absolute Gasteiger partial charge is 0.373 e. The van der Waals surface area contributed by atoms with Crippen molar-refractivity contribution in [2.45, 2.75) is 31.5 Å². The molecule has 0 saturated carbocycles. The van der Waals surface area contributed by atoms with Crippen LogP contribution in [-0.2, 0) is 10.9 Å². The molecule has 0 amide bonds. The average Bonchev–Trinajstić information content (AvgIpc) is 3.02. The van der Waals surface area contributed by atoms with Gasteiger partial charge in [0.05, 0.1) is 5.60 Å². The Bertz CT molecular complexity index is 648. The minimum atomic E-state index is -4.59. The van der Waals surface area contributed by atoms with Gasteiger partial charge in [0.25, 0.3) is 5.82 Å². The van der Waals surface area contributed by atoms with Crippen LogP contribution in [0.2, 0.25) is 0 Å². The number of nitrogens with one attached hydrogen (secondary N) is 1. The molecule has 0 aromatic carbocycles. The van der Waals surface area contributed by atoms with Gasteiger partial charge in [0.15, 0.2) is 5.65 Å². The van der Waals surface area contributed by atoms with Gasteiger partial charge >= 0.3 is 6.18 Å². The zero-order chi connectivity index (χ0) is 15.1. The normalized spacial score (nSPS) is 22.9. The lowest BCUT2D eigenvalue weighted by molar-refractivity contribution is -0.146. The molecule has 1 aliphatic rings. The summed E-state index contributed by atoms with van der Waals surface area (Å²) in [6, 6.07) is 3.01. The molecular weight excluding hydrogens is 287 g/mol. The van der Waals surface area contributed by atoms with Crippen molar-refractivity contribution >= 4 is 11.5 Å². The summed E-state index contributed by atoms with van der Waals surface area (Å²) in [5.74, 6) is -0.811. The molecule has 1 atom stereocenters. The fourth-order valence-corrected chi connectivity index (χ4v) is 2.31. The zero-order valence-corrected chi connectivity index (χ0v) is 11.3. The Hall–Kier alpha value is -1.90. The van der Waals surface area contributed by atoms with Crippen molar-refractivity contribution in [3.8, 4) is 0 Å². The fraction of sp³-hybridized carbons (Fsp3) is 0.583. The van der Waals surface area contributed by atoms with Crippen molar-refractivity contribution < 1.29 is 17.9 Å². The Balaban J connectivity index is 1.83. The highest BCUT2D eigenvalue weighted by atomic mass is 19.4. The molecular formula is C12H14F3N5O. The molecule has 0 bridgehead atoms. The van der Waals surface area contributed by atoms with E-state index in [0.29, 0.717) is 23.5 Å². The van der Waals surface area contributed by atoms with Gasteiger partial charge in [-0.05, 0) is 31.9 Å². The molecule has 0 spiro atoms. The Morgan fingerprint density at radius 3 is 2.86 bits per heavy atom. The minimum Gasteiger partial charge on any atom is -0.373 e. The van der Waals surface area contributed by atoms with Crippen molar-refractivity contribution in [2.75, 3.05) is 18.5 Å². The second kappa shape index (κ2) is 4.83. The van der Waals surface area contributed by atoms with Gasteiger partial charge < -0.3 is 10.1 Å². The Kier molecular flexibility index (Phi) is 3.23. The highest BCUT2D eigenvalue weighted by molar-refractivity contribution is 5.44. The Morgan fingerprint density at radius 1 is 1.38 bits per heavy atom. The Labute approximate surface area is 118 Å². The molecule has 1 saturated heterocycles. The van der Waals surface area contributed by atoms with E-state index in [1.54, 1.807) is 6.07 Å². The van der Waals surface area contributed by atoms with Crippen LogP contribution in [0, 0.1) is 0 Å². The number of hydrogen-bond donors (Lipinski definition) is 1. The monoisotopic (exact) mass is 301 g/mol. The first-order valence-electron chi connectivity index (χ1n) is 6.55. The van der Waals surface area contributed by atoms with Crippen molar-refractivity contribution in [2.24, 2.45) is 0 Å². The number of fused-ring (bicyclic) bond motifs is 1. The summed E-state index contributed by atoms with van der Waals surface area (Å²) < 4.78 is 44.6. The van der Waals surface area contributed by atoms with Gasteiger partial charge in [0.2, 0.25) is 0 Å². The van der Waals surface area contributed by atoms with Crippen LogP contribution in [0.1, 0.15) is 25.6 Å². The van der Waals surface area contributed by atoms with Crippen molar-refractivity contribution in [3.63, 3.8) is 0 Å². The van der Waals surface area contributed by atoms with Gasteiger partial charge in [-0.15, -0.1) is 15.3 Å². The maximum atomic E-state index is 12.8. The van der Waals surface area contributed by atoms with E-state index < -0.39 is 12.0 Å². The SMILES string of the molecule is CC1(CNc2ccc3nnc(C(F)(F)F)n3n2)CCCO1. The third kappa shape index (κ3) is 2.78. The van der Waals surface area contributed by atoms with Gasteiger partial charge in [0.1, 0.15) is 5.82 Å². The highest BCUT2D eigenvalue weighted by Gasteiger charge is 2.37. The maximum Gasteiger partial charge on any atom is 0.453 e. The largest absolute Gasteiger partial charge is 0.453 e. The van der Waals surface area contributed by atoms with Gasteiger partial charge in [0, 0.05) is 13.2 Å². The number of rotatable bonds is 3. The molecule has 0 aliphatic carbocycles. The summed E-state index contributed by atoms with van der Waals surface area (Å²) in [5.41, 5.74) is -0.257. The summed E-state index contributed by atoms with van der Waals surface area (Å²) >= 11 is 0. The summed E-state index contributed by atoms with van der Waals surface area (Å²) in [4.78, 5) is 0. The van der Waals surface area contributed by atoms with Crippen LogP contribution >= 0.6 is 0 Å². The topological polar surface area (TPSA) is 64.3 Å². The van der Waals surface area contributed by atoms with Gasteiger partial charge in [-0.1, -0.05) is 0 Å². The van der Waals surface area contributed by atoms with Crippen LogP contribution in [0.3, 0.4) is 0 Å². The van der Waals surface area contributed by atoms with Crippen molar-refractivity contribution in [1.82, 2.24) is 19.8 Å². The molecule has 0 radical (unpaired) electrons. The minimum absolute atomic E-state index is 0.0520. The molecule has 3 rings (SSSR count). The van der Waals surface area contributed by atoms with E-state index in [1.165, 1.54) is 6.07 Å². The predicted octanol–water partition coefficient (Wildman–Crippen LogP) is 2.12. The van der Waals surface area contributed by atoms with E-state index in [9.17, 15) is 13.2 Å². The second-order valence-corrected chi connectivity index (χ2v) is 5.27. The van der Waals surface area contributed by atoms with Crippen molar-refractivity contribution in [1.29, 1.82) is 0 Å². The Morgan fingerprint density at radius 2 is 2.19 bits per heavy atom. The van der Waals surface area contributed by atoms with E-state index in [0.717, 1.165) is 12.8 Å². The molecule has 9 heteroatoms. The fourth-order valence-electron chi connectivity index (χ4n) is 2.31. The molecule has 1 aliphatic heterocycles. The lowest BCUT2D eigenvalue weighted by Crippen LogP contribution is -2.32. The second-order valence-electron chi connectivity index (χ2n) is 5.27. The van der Waals surface area contributed by atoms with Crippen LogP contribution in [-0.4, -0.2) is 38.6 Å². The van der Waals surface area contributed by atoms with Crippen LogP contribution in [0.5, 0.6) is 0 Å². The molecule has 2 aromatic rings. The van der Waals surface area contributed by atoms with Crippen molar-refractivity contribution in [3.05, 3.63) is 18.0 Å². The first-order valence-corrected chi connectivity index (χ1v) is 6.55. The molecule has 6 nitrogen and oxygen atoms in total. The quantitative estimate of drug-likeness (QED) is 0.941. The van der Waals surface area contributed by atoms with Crippen LogP contribution in [0.4, 0.5) is 19.0 Å². The van der Waals surface area contributed by atoms with E-state index >= 15 is 0 Å². The third-order valence-corrected chi connectivity index (χ3v) is 3.46. The van der Waals surface area contributed by atoms with E-state index in [4.69, 9.17) is 4.74 Å². The molecule has 2 aromatic heterocycles. The lowest BCUT2D eigenvalue weighted by atomic mass is 10.0. The first-order chi connectivity index (χ1) is 9.87. The van der Waals surface area contributed by atoms with Crippen LogP contribution in [0.15, 0.2) is 12.1 Å². The summed E-state index contributed by atoms with van der Waals surface area (Å²) in [6.45, 7) is 3.15. The number of hydrogen-bond acceptors (Lipinski definition) is 5. The average molecular weight is 301 g/mol. The summed E-state index contributed by atoms with van der Waals surface area (Å²) in [6.07, 6.45) is -2.71. The lowest BCUT2D eigenvalue weighted by Gasteiger charge is -2.23. The summed E-state index contributed by atoms with van der Waals surface area (Å²) in [5, 5.41) is 13.5. The molecule has 21 heavy (non-hydrogen) atoms. The van der Waals surface area contributed by atoms with E-state index in [-0.39, 0.29) is 11.2 Å². The standard InChI is InChI=1S/C12H14F3N5O/c1-11(5-2-6-21-11)7-16-8-3-4-9-17-18-10(12(13,14)15)20(9)19-8/h3-4H,2,5-7H2,1H3,(H,16,19). The number of aromatic nitrogens is 4. The number of nitrogens with zero attached hydrogens (tertiary/aromatic N) is 4.